The van der Waals surface area contributed by atoms with Crippen molar-refractivity contribution in [2.75, 3.05) is 13.7 Å². The van der Waals surface area contributed by atoms with Crippen molar-refractivity contribution in [3.8, 4) is 12.3 Å². The minimum atomic E-state index is -0.199. The van der Waals surface area contributed by atoms with Crippen LogP contribution in [0.25, 0.3) is 5.65 Å². The molecule has 5 nitrogen and oxygen atoms in total. The van der Waals surface area contributed by atoms with Gasteiger partial charge in [-0.15, -0.1) is 6.42 Å². The zero-order chi connectivity index (χ0) is 14.7. The predicted molar refractivity (Wildman–Crippen MR) is 79.0 cm³/mol. The van der Waals surface area contributed by atoms with Crippen molar-refractivity contribution in [1.29, 1.82) is 0 Å². The fourth-order valence-corrected chi connectivity index (χ4v) is 2.19. The van der Waals surface area contributed by atoms with Crippen LogP contribution >= 0.6 is 0 Å². The number of hydrogen-bond donors (Lipinski definition) is 0. The van der Waals surface area contributed by atoms with Gasteiger partial charge in [-0.1, -0.05) is 5.92 Å². The van der Waals surface area contributed by atoms with Crippen LogP contribution in [0.3, 0.4) is 0 Å². The smallest absolute Gasteiger partial charge is 0.154 e. The molecular formula is C16H19N3O2. The maximum absolute atomic E-state index is 5.77. The van der Waals surface area contributed by atoms with Gasteiger partial charge >= 0.3 is 0 Å². The van der Waals surface area contributed by atoms with E-state index in [0.29, 0.717) is 19.1 Å². The summed E-state index contributed by atoms with van der Waals surface area (Å²) in [7, 11) is 1.69. The minimum Gasteiger partial charge on any atom is -0.384 e. The van der Waals surface area contributed by atoms with E-state index in [1.165, 1.54) is 0 Å². The fourth-order valence-electron chi connectivity index (χ4n) is 2.19. The van der Waals surface area contributed by atoms with Gasteiger partial charge in [-0.25, -0.2) is 9.50 Å². The van der Waals surface area contributed by atoms with E-state index >= 15 is 0 Å². The number of nitrogens with zero attached hydrogens (tertiary/aromatic N) is 3. The van der Waals surface area contributed by atoms with Crippen molar-refractivity contribution >= 4 is 5.65 Å². The summed E-state index contributed by atoms with van der Waals surface area (Å²) in [5.74, 6) is 2.70. The summed E-state index contributed by atoms with van der Waals surface area (Å²) in [6, 6.07) is 2.03. The summed E-state index contributed by atoms with van der Waals surface area (Å²) in [6.07, 6.45) is 13.1. The summed E-state index contributed by atoms with van der Waals surface area (Å²) < 4.78 is 12.6. The molecule has 0 aliphatic heterocycles. The standard InChI is InChI=1S/C16H19N3O2/c1-3-14(21-15-4-5-15)9-13-11-19-16(18-13)8-12(10-17-19)6-7-20-2/h1,8,10-11,14-15H,4-7,9H2,2H3/t14-/m1/s1. The first-order valence-electron chi connectivity index (χ1n) is 7.22. The van der Waals surface area contributed by atoms with Gasteiger partial charge in [-0.05, 0) is 30.9 Å². The van der Waals surface area contributed by atoms with Gasteiger partial charge < -0.3 is 9.47 Å². The number of imidazole rings is 1. The van der Waals surface area contributed by atoms with Gasteiger partial charge in [-0.2, -0.15) is 5.10 Å². The molecule has 5 heteroatoms. The molecule has 0 aromatic carbocycles. The van der Waals surface area contributed by atoms with E-state index in [0.717, 1.165) is 36.2 Å². The van der Waals surface area contributed by atoms with E-state index in [4.69, 9.17) is 15.9 Å². The Morgan fingerprint density at radius 2 is 2.38 bits per heavy atom. The summed E-state index contributed by atoms with van der Waals surface area (Å²) in [5, 5.41) is 4.37. The van der Waals surface area contributed by atoms with Gasteiger partial charge in [0, 0.05) is 13.5 Å². The van der Waals surface area contributed by atoms with Crippen molar-refractivity contribution < 1.29 is 9.47 Å². The van der Waals surface area contributed by atoms with Crippen LogP contribution in [0.5, 0.6) is 0 Å². The number of rotatable bonds is 7. The first-order chi connectivity index (χ1) is 10.3. The molecule has 0 amide bonds. The van der Waals surface area contributed by atoms with Crippen LogP contribution in [0, 0.1) is 12.3 Å². The Hall–Kier alpha value is -1.90. The SMILES string of the molecule is C#C[C@H](Cc1cn2ncc(CCOC)cc2n1)OC1CC1. The third kappa shape index (κ3) is 3.60. The fraction of sp³-hybridized carbons (Fsp3) is 0.500. The molecule has 0 unspecified atom stereocenters. The first kappa shape index (κ1) is 14.1. The molecule has 1 aliphatic rings. The van der Waals surface area contributed by atoms with Gasteiger partial charge in [-0.3, -0.25) is 0 Å². The van der Waals surface area contributed by atoms with Crippen molar-refractivity contribution in [1.82, 2.24) is 14.6 Å². The summed E-state index contributed by atoms with van der Waals surface area (Å²) in [5.41, 5.74) is 2.86. The monoisotopic (exact) mass is 285 g/mol. The second-order valence-electron chi connectivity index (χ2n) is 5.34. The topological polar surface area (TPSA) is 48.7 Å². The van der Waals surface area contributed by atoms with Crippen molar-refractivity contribution in [3.63, 3.8) is 0 Å². The number of aromatic nitrogens is 3. The molecule has 21 heavy (non-hydrogen) atoms. The van der Waals surface area contributed by atoms with Gasteiger partial charge in [0.15, 0.2) is 5.65 Å². The average Bonchev–Trinajstić information content (AvgIpc) is 3.22. The van der Waals surface area contributed by atoms with Crippen molar-refractivity contribution in [3.05, 3.63) is 29.7 Å². The van der Waals surface area contributed by atoms with Gasteiger partial charge in [0.05, 0.1) is 30.8 Å². The molecule has 1 fully saturated rings. The number of hydrogen-bond acceptors (Lipinski definition) is 4. The first-order valence-corrected chi connectivity index (χ1v) is 7.22. The molecule has 0 spiro atoms. The lowest BCUT2D eigenvalue weighted by Crippen LogP contribution is -2.15. The zero-order valence-electron chi connectivity index (χ0n) is 12.2. The third-order valence-electron chi connectivity index (χ3n) is 3.48. The number of terminal acetylenes is 1. The highest BCUT2D eigenvalue weighted by atomic mass is 16.5. The molecule has 0 saturated heterocycles. The highest BCUT2D eigenvalue weighted by molar-refractivity contribution is 5.41. The molecule has 110 valence electrons. The Morgan fingerprint density at radius 1 is 1.52 bits per heavy atom. The Balaban J connectivity index is 1.72. The third-order valence-corrected chi connectivity index (χ3v) is 3.48. The van der Waals surface area contributed by atoms with E-state index in [2.05, 4.69) is 16.0 Å². The summed E-state index contributed by atoms with van der Waals surface area (Å²) in [6.45, 7) is 0.680. The van der Waals surface area contributed by atoms with Crippen molar-refractivity contribution in [2.24, 2.45) is 0 Å². The highest BCUT2D eigenvalue weighted by Crippen LogP contribution is 2.25. The Labute approximate surface area is 124 Å². The Bertz CT molecular complexity index is 655. The molecular weight excluding hydrogens is 266 g/mol. The number of methoxy groups -OCH3 is 1. The largest absolute Gasteiger partial charge is 0.384 e. The summed E-state index contributed by atoms with van der Waals surface area (Å²) in [4.78, 5) is 4.58. The van der Waals surface area contributed by atoms with Crippen LogP contribution in [0.1, 0.15) is 24.1 Å². The molecule has 0 N–H and O–H groups in total. The van der Waals surface area contributed by atoms with Crippen LogP contribution in [-0.4, -0.2) is 40.5 Å². The Morgan fingerprint density at radius 3 is 3.10 bits per heavy atom. The van der Waals surface area contributed by atoms with Gasteiger partial charge in [0.25, 0.3) is 0 Å². The molecule has 0 bridgehead atoms. The molecule has 1 saturated carbocycles. The molecule has 2 heterocycles. The van der Waals surface area contributed by atoms with Gasteiger partial charge in [0.2, 0.25) is 0 Å². The molecule has 1 aliphatic carbocycles. The maximum atomic E-state index is 5.77. The van der Waals surface area contributed by atoms with Crippen LogP contribution in [0.15, 0.2) is 18.5 Å². The predicted octanol–water partition coefficient (Wildman–Crippen LogP) is 1.64. The van der Waals surface area contributed by atoms with Gasteiger partial charge in [0.1, 0.15) is 6.10 Å². The second kappa shape index (κ2) is 6.25. The van der Waals surface area contributed by atoms with Crippen LogP contribution in [0.4, 0.5) is 0 Å². The van der Waals surface area contributed by atoms with Crippen LogP contribution < -0.4 is 0 Å². The molecule has 3 rings (SSSR count). The summed E-state index contributed by atoms with van der Waals surface area (Å²) >= 11 is 0. The average molecular weight is 285 g/mol. The Kier molecular flexibility index (Phi) is 4.18. The van der Waals surface area contributed by atoms with Crippen molar-refractivity contribution in [2.45, 2.75) is 37.9 Å². The van der Waals surface area contributed by atoms with E-state index < -0.39 is 0 Å². The van der Waals surface area contributed by atoms with E-state index in [1.54, 1.807) is 11.6 Å². The lowest BCUT2D eigenvalue weighted by molar-refractivity contribution is 0.0772. The van der Waals surface area contributed by atoms with E-state index in [-0.39, 0.29) is 6.10 Å². The lowest BCUT2D eigenvalue weighted by atomic mass is 10.2. The van der Waals surface area contributed by atoms with E-state index in [9.17, 15) is 0 Å². The van der Waals surface area contributed by atoms with Crippen LogP contribution in [0.2, 0.25) is 0 Å². The zero-order valence-corrected chi connectivity index (χ0v) is 12.2. The lowest BCUT2D eigenvalue weighted by Gasteiger charge is -2.09. The normalized spacial score (nSPS) is 16.0. The number of fused-ring (bicyclic) bond motifs is 1. The van der Waals surface area contributed by atoms with E-state index in [1.807, 2.05) is 18.5 Å². The molecule has 2 aromatic rings. The van der Waals surface area contributed by atoms with Crippen LogP contribution in [-0.2, 0) is 22.3 Å². The highest BCUT2D eigenvalue weighted by Gasteiger charge is 2.26. The minimum absolute atomic E-state index is 0.199. The quantitative estimate of drug-likeness (QED) is 0.726. The molecule has 2 aromatic heterocycles. The second-order valence-corrected chi connectivity index (χ2v) is 5.34. The molecule has 1 atom stereocenters. The maximum Gasteiger partial charge on any atom is 0.154 e. The molecule has 0 radical (unpaired) electrons. The number of ether oxygens (including phenoxy) is 2.